The van der Waals surface area contributed by atoms with Gasteiger partial charge in [-0.1, -0.05) is 0 Å². The smallest absolute Gasteiger partial charge is 0.228 e. The Kier molecular flexibility index (Phi) is 4.19. The summed E-state index contributed by atoms with van der Waals surface area (Å²) in [6.07, 6.45) is 0.519. The molecule has 18 heavy (non-hydrogen) atoms. The van der Waals surface area contributed by atoms with E-state index in [9.17, 15) is 14.7 Å². The summed E-state index contributed by atoms with van der Waals surface area (Å²) < 4.78 is 4.94. The number of amides is 2. The summed E-state index contributed by atoms with van der Waals surface area (Å²) in [7, 11) is 1.59. The molecule has 2 aliphatic rings. The summed E-state index contributed by atoms with van der Waals surface area (Å²) in [5.41, 5.74) is 0. The van der Waals surface area contributed by atoms with Gasteiger partial charge in [-0.05, 0) is 6.42 Å². The quantitative estimate of drug-likeness (QED) is 0.706. The summed E-state index contributed by atoms with van der Waals surface area (Å²) in [5.74, 6) is -0.232. The molecule has 102 valence electrons. The number of rotatable bonds is 4. The van der Waals surface area contributed by atoms with Gasteiger partial charge >= 0.3 is 0 Å². The van der Waals surface area contributed by atoms with Crippen LogP contribution in [0.25, 0.3) is 0 Å². The maximum absolute atomic E-state index is 12.2. The fourth-order valence-electron chi connectivity index (χ4n) is 2.56. The lowest BCUT2D eigenvalue weighted by Crippen LogP contribution is -2.36. The van der Waals surface area contributed by atoms with E-state index in [0.717, 1.165) is 0 Å². The molecule has 2 rings (SSSR count). The summed E-state index contributed by atoms with van der Waals surface area (Å²) in [5, 5.41) is 9.42. The van der Waals surface area contributed by atoms with Crippen molar-refractivity contribution in [2.75, 3.05) is 39.9 Å². The standard InChI is InChI=1S/C12H20N2O4/c1-18-5-4-13-7-9(6-11(13)16)12(17)14-3-2-10(15)8-14/h9-10,15H,2-8H2,1H3/t9?,10-/m1/s1. The molecule has 1 N–H and O–H groups in total. The van der Waals surface area contributed by atoms with Gasteiger partial charge < -0.3 is 19.6 Å². The van der Waals surface area contributed by atoms with Gasteiger partial charge in [0.25, 0.3) is 0 Å². The number of aliphatic hydroxyl groups excluding tert-OH is 1. The largest absolute Gasteiger partial charge is 0.391 e. The predicted molar refractivity (Wildman–Crippen MR) is 63.8 cm³/mol. The van der Waals surface area contributed by atoms with Gasteiger partial charge in [0.2, 0.25) is 11.8 Å². The molecule has 0 spiro atoms. The number of carbonyl (C=O) groups excluding carboxylic acids is 2. The highest BCUT2D eigenvalue weighted by Crippen LogP contribution is 2.22. The van der Waals surface area contributed by atoms with Crippen molar-refractivity contribution >= 4 is 11.8 Å². The van der Waals surface area contributed by atoms with Crippen LogP contribution in [-0.4, -0.2) is 72.7 Å². The maximum atomic E-state index is 12.2. The number of hydrogen-bond donors (Lipinski definition) is 1. The van der Waals surface area contributed by atoms with Crippen molar-refractivity contribution in [3.8, 4) is 0 Å². The summed E-state index contributed by atoms with van der Waals surface area (Å²) >= 11 is 0. The molecule has 1 unspecified atom stereocenters. The Morgan fingerprint density at radius 2 is 2.28 bits per heavy atom. The lowest BCUT2D eigenvalue weighted by molar-refractivity contribution is -0.135. The zero-order valence-electron chi connectivity index (χ0n) is 10.7. The number of hydrogen-bond acceptors (Lipinski definition) is 4. The van der Waals surface area contributed by atoms with Gasteiger partial charge in [0.1, 0.15) is 0 Å². The van der Waals surface area contributed by atoms with Crippen LogP contribution in [0.2, 0.25) is 0 Å². The third-order valence-corrected chi connectivity index (χ3v) is 3.60. The van der Waals surface area contributed by atoms with Crippen molar-refractivity contribution in [2.24, 2.45) is 5.92 Å². The molecule has 0 aliphatic carbocycles. The normalized spacial score (nSPS) is 28.2. The van der Waals surface area contributed by atoms with E-state index in [0.29, 0.717) is 39.2 Å². The van der Waals surface area contributed by atoms with E-state index in [2.05, 4.69) is 0 Å². The Morgan fingerprint density at radius 1 is 1.50 bits per heavy atom. The van der Waals surface area contributed by atoms with Crippen molar-refractivity contribution < 1.29 is 19.4 Å². The summed E-state index contributed by atoms with van der Waals surface area (Å²) in [6.45, 7) is 2.52. The van der Waals surface area contributed by atoms with Crippen molar-refractivity contribution in [1.29, 1.82) is 0 Å². The van der Waals surface area contributed by atoms with E-state index in [1.807, 2.05) is 0 Å². The van der Waals surface area contributed by atoms with Crippen LogP contribution < -0.4 is 0 Å². The Labute approximate surface area is 106 Å². The number of methoxy groups -OCH3 is 1. The van der Waals surface area contributed by atoms with Gasteiger partial charge in [0.05, 0.1) is 18.6 Å². The van der Waals surface area contributed by atoms with E-state index in [-0.39, 0.29) is 24.2 Å². The second-order valence-electron chi connectivity index (χ2n) is 4.96. The molecule has 2 aliphatic heterocycles. The first-order valence-electron chi connectivity index (χ1n) is 6.35. The second kappa shape index (κ2) is 5.67. The highest BCUT2D eigenvalue weighted by molar-refractivity contribution is 5.89. The average Bonchev–Trinajstić information content (AvgIpc) is 2.92. The molecule has 0 bridgehead atoms. The fourth-order valence-corrected chi connectivity index (χ4v) is 2.56. The van der Waals surface area contributed by atoms with Crippen LogP contribution >= 0.6 is 0 Å². The Morgan fingerprint density at radius 3 is 2.89 bits per heavy atom. The molecule has 2 atom stereocenters. The van der Waals surface area contributed by atoms with Gasteiger partial charge in [-0.25, -0.2) is 0 Å². The van der Waals surface area contributed by atoms with E-state index < -0.39 is 6.10 Å². The van der Waals surface area contributed by atoms with Crippen molar-refractivity contribution in [3.63, 3.8) is 0 Å². The summed E-state index contributed by atoms with van der Waals surface area (Å²) in [4.78, 5) is 27.2. The molecule has 2 fully saturated rings. The predicted octanol–water partition coefficient (Wildman–Crippen LogP) is -0.925. The lowest BCUT2D eigenvalue weighted by Gasteiger charge is -2.20. The third-order valence-electron chi connectivity index (χ3n) is 3.60. The fraction of sp³-hybridized carbons (Fsp3) is 0.833. The SMILES string of the molecule is COCCN1CC(C(=O)N2CC[C@@H](O)C2)CC1=O. The van der Waals surface area contributed by atoms with Crippen LogP contribution in [0.5, 0.6) is 0 Å². The van der Waals surface area contributed by atoms with Crippen molar-refractivity contribution in [1.82, 2.24) is 9.80 Å². The van der Waals surface area contributed by atoms with Gasteiger partial charge in [-0.2, -0.15) is 0 Å². The van der Waals surface area contributed by atoms with Crippen LogP contribution in [0, 0.1) is 5.92 Å². The van der Waals surface area contributed by atoms with E-state index in [1.54, 1.807) is 16.9 Å². The molecular weight excluding hydrogens is 236 g/mol. The molecule has 2 heterocycles. The van der Waals surface area contributed by atoms with Crippen molar-refractivity contribution in [3.05, 3.63) is 0 Å². The van der Waals surface area contributed by atoms with Crippen LogP contribution in [0.3, 0.4) is 0 Å². The number of nitrogens with zero attached hydrogens (tertiary/aromatic N) is 2. The van der Waals surface area contributed by atoms with Crippen LogP contribution in [0.4, 0.5) is 0 Å². The molecule has 0 aromatic heterocycles. The van der Waals surface area contributed by atoms with Crippen LogP contribution in [0.1, 0.15) is 12.8 Å². The highest BCUT2D eigenvalue weighted by atomic mass is 16.5. The molecule has 6 nitrogen and oxygen atoms in total. The number of aliphatic hydroxyl groups is 1. The molecule has 0 aromatic rings. The van der Waals surface area contributed by atoms with Gasteiger partial charge in [0, 0.05) is 39.7 Å². The zero-order valence-corrected chi connectivity index (χ0v) is 10.7. The Balaban J connectivity index is 1.87. The highest BCUT2D eigenvalue weighted by Gasteiger charge is 2.37. The zero-order chi connectivity index (χ0) is 13.1. The molecule has 0 aromatic carbocycles. The van der Waals surface area contributed by atoms with Gasteiger partial charge in [-0.15, -0.1) is 0 Å². The summed E-state index contributed by atoms with van der Waals surface area (Å²) in [6, 6.07) is 0. The van der Waals surface area contributed by atoms with E-state index >= 15 is 0 Å². The minimum Gasteiger partial charge on any atom is -0.391 e. The first-order chi connectivity index (χ1) is 8.61. The van der Waals surface area contributed by atoms with E-state index in [4.69, 9.17) is 4.74 Å². The number of likely N-dealkylation sites (tertiary alicyclic amines) is 2. The monoisotopic (exact) mass is 256 g/mol. The van der Waals surface area contributed by atoms with Crippen LogP contribution in [0.15, 0.2) is 0 Å². The molecule has 2 amide bonds. The average molecular weight is 256 g/mol. The second-order valence-corrected chi connectivity index (χ2v) is 4.96. The molecule has 0 saturated carbocycles. The van der Waals surface area contributed by atoms with Gasteiger partial charge in [-0.3, -0.25) is 9.59 Å². The third kappa shape index (κ3) is 2.81. The van der Waals surface area contributed by atoms with E-state index in [1.165, 1.54) is 0 Å². The lowest BCUT2D eigenvalue weighted by atomic mass is 10.1. The topological polar surface area (TPSA) is 70.1 Å². The van der Waals surface area contributed by atoms with Gasteiger partial charge in [0.15, 0.2) is 0 Å². The Bertz CT molecular complexity index is 334. The maximum Gasteiger partial charge on any atom is 0.228 e. The number of β-amino-alcohol motifs (C(OH)–C–C–N with tert-alkyl or cyclic N) is 1. The minimum atomic E-state index is -0.407. The molecular formula is C12H20N2O4. The molecule has 2 saturated heterocycles. The number of ether oxygens (including phenoxy) is 1. The van der Waals surface area contributed by atoms with Crippen molar-refractivity contribution in [2.45, 2.75) is 18.9 Å². The number of carbonyl (C=O) groups is 2. The first kappa shape index (κ1) is 13.3. The minimum absolute atomic E-state index is 0.000170. The Hall–Kier alpha value is -1.14. The molecule has 0 radical (unpaired) electrons. The first-order valence-corrected chi connectivity index (χ1v) is 6.35. The molecule has 6 heteroatoms. The van der Waals surface area contributed by atoms with Crippen LogP contribution in [-0.2, 0) is 14.3 Å².